The first-order valence-electron chi connectivity index (χ1n) is 7.40. The summed E-state index contributed by atoms with van der Waals surface area (Å²) in [7, 11) is 0. The van der Waals surface area contributed by atoms with E-state index in [2.05, 4.69) is 20.5 Å². The third-order valence-electron chi connectivity index (χ3n) is 3.30. The molecule has 8 heteroatoms. The van der Waals surface area contributed by atoms with Crippen LogP contribution in [0.25, 0.3) is 11.5 Å². The van der Waals surface area contributed by atoms with Crippen molar-refractivity contribution in [3.63, 3.8) is 0 Å². The van der Waals surface area contributed by atoms with Crippen LogP contribution in [0, 0.1) is 0 Å². The van der Waals surface area contributed by atoms with E-state index >= 15 is 0 Å². The smallest absolute Gasteiger partial charge is 0.200 e. The van der Waals surface area contributed by atoms with Crippen molar-refractivity contribution < 1.29 is 9.84 Å². The van der Waals surface area contributed by atoms with Crippen LogP contribution in [0.2, 0.25) is 5.02 Å². The number of hydrogen-bond acceptors (Lipinski definition) is 6. The van der Waals surface area contributed by atoms with Crippen LogP contribution in [0.1, 0.15) is 5.56 Å². The molecule has 0 spiro atoms. The molecule has 0 saturated carbocycles. The highest BCUT2D eigenvalue weighted by Crippen LogP contribution is 2.13. The van der Waals surface area contributed by atoms with Crippen LogP contribution in [0.5, 0.6) is 0 Å². The van der Waals surface area contributed by atoms with Crippen LogP contribution < -0.4 is 0 Å². The van der Waals surface area contributed by atoms with Gasteiger partial charge in [-0.15, -0.1) is 5.10 Å². The number of ether oxygens (including phenoxy) is 1. The Hall–Kier alpha value is -2.35. The molecule has 1 atom stereocenters. The molecule has 0 aliphatic rings. The highest BCUT2D eigenvalue weighted by atomic mass is 35.5. The van der Waals surface area contributed by atoms with E-state index in [1.807, 2.05) is 30.3 Å². The van der Waals surface area contributed by atoms with Crippen molar-refractivity contribution in [2.24, 2.45) is 0 Å². The predicted molar refractivity (Wildman–Crippen MR) is 88.2 cm³/mol. The quantitative estimate of drug-likeness (QED) is 0.704. The van der Waals surface area contributed by atoms with Gasteiger partial charge in [-0.05, 0) is 40.3 Å². The Morgan fingerprint density at radius 2 is 2.00 bits per heavy atom. The molecular weight excluding hydrogens is 330 g/mol. The summed E-state index contributed by atoms with van der Waals surface area (Å²) in [6.45, 7) is 0.792. The zero-order valence-electron chi connectivity index (χ0n) is 12.8. The minimum absolute atomic E-state index is 0.171. The number of aliphatic hydroxyl groups excluding tert-OH is 1. The molecule has 0 bridgehead atoms. The number of pyridine rings is 1. The van der Waals surface area contributed by atoms with E-state index < -0.39 is 6.10 Å². The van der Waals surface area contributed by atoms with Crippen molar-refractivity contribution in [3.8, 4) is 11.5 Å². The fourth-order valence-electron chi connectivity index (χ4n) is 2.15. The molecule has 0 aliphatic carbocycles. The van der Waals surface area contributed by atoms with Gasteiger partial charge < -0.3 is 9.84 Å². The van der Waals surface area contributed by atoms with E-state index in [0.717, 1.165) is 5.56 Å². The highest BCUT2D eigenvalue weighted by Gasteiger charge is 2.14. The van der Waals surface area contributed by atoms with Crippen molar-refractivity contribution >= 4 is 11.6 Å². The first-order valence-corrected chi connectivity index (χ1v) is 7.78. The maximum absolute atomic E-state index is 10.1. The van der Waals surface area contributed by atoms with Gasteiger partial charge in [0.1, 0.15) is 5.69 Å². The van der Waals surface area contributed by atoms with E-state index in [0.29, 0.717) is 23.1 Å². The molecule has 3 aromatic rings. The Morgan fingerprint density at radius 3 is 2.75 bits per heavy atom. The van der Waals surface area contributed by atoms with Gasteiger partial charge in [0.15, 0.2) is 0 Å². The standard InChI is InChI=1S/C16H16ClN5O2/c17-13-6-4-12(5-7-13)10-24-11-14(23)9-22-16(19-20-21-22)15-3-1-2-8-18-15/h1-8,14,23H,9-11H2/t14-/m0/s1. The minimum atomic E-state index is -0.733. The van der Waals surface area contributed by atoms with Gasteiger partial charge in [-0.3, -0.25) is 4.98 Å². The molecule has 0 aliphatic heterocycles. The van der Waals surface area contributed by atoms with E-state index in [9.17, 15) is 5.11 Å². The summed E-state index contributed by atoms with van der Waals surface area (Å²) in [5.41, 5.74) is 1.64. The second-order valence-corrected chi connectivity index (χ2v) is 5.63. The Morgan fingerprint density at radius 1 is 1.17 bits per heavy atom. The summed E-state index contributed by atoms with van der Waals surface area (Å²) < 4.78 is 7.04. The lowest BCUT2D eigenvalue weighted by molar-refractivity contribution is 0.0187. The van der Waals surface area contributed by atoms with Crippen LogP contribution in [-0.4, -0.2) is 43.0 Å². The molecule has 0 unspecified atom stereocenters. The second-order valence-electron chi connectivity index (χ2n) is 5.19. The molecule has 0 fully saturated rings. The monoisotopic (exact) mass is 345 g/mol. The predicted octanol–water partition coefficient (Wildman–Crippen LogP) is 1.97. The molecule has 3 rings (SSSR count). The van der Waals surface area contributed by atoms with Crippen molar-refractivity contribution in [1.29, 1.82) is 0 Å². The minimum Gasteiger partial charge on any atom is -0.389 e. The Bertz CT molecular complexity index is 764. The molecule has 0 amide bonds. The topological polar surface area (TPSA) is 86.0 Å². The summed E-state index contributed by atoms with van der Waals surface area (Å²) in [6, 6.07) is 12.9. The summed E-state index contributed by atoms with van der Waals surface area (Å²) in [5, 5.41) is 22.3. The fourth-order valence-corrected chi connectivity index (χ4v) is 2.28. The van der Waals surface area contributed by atoms with Gasteiger partial charge in [0.2, 0.25) is 5.82 Å². The molecule has 124 valence electrons. The molecule has 24 heavy (non-hydrogen) atoms. The lowest BCUT2D eigenvalue weighted by Crippen LogP contribution is -2.23. The lowest BCUT2D eigenvalue weighted by Gasteiger charge is -2.12. The Kier molecular flexibility index (Phi) is 5.47. The number of hydrogen-bond donors (Lipinski definition) is 1. The first kappa shape index (κ1) is 16.5. The van der Waals surface area contributed by atoms with Gasteiger partial charge in [-0.2, -0.15) is 0 Å². The van der Waals surface area contributed by atoms with Crippen LogP contribution in [0.4, 0.5) is 0 Å². The normalized spacial score (nSPS) is 12.2. The fraction of sp³-hybridized carbons (Fsp3) is 0.250. The van der Waals surface area contributed by atoms with Gasteiger partial charge in [-0.1, -0.05) is 29.8 Å². The lowest BCUT2D eigenvalue weighted by atomic mass is 10.2. The molecule has 0 saturated heterocycles. The van der Waals surface area contributed by atoms with Gasteiger partial charge in [0.25, 0.3) is 0 Å². The maximum Gasteiger partial charge on any atom is 0.200 e. The summed E-state index contributed by atoms with van der Waals surface area (Å²) in [4.78, 5) is 4.21. The first-order chi connectivity index (χ1) is 11.7. The largest absolute Gasteiger partial charge is 0.389 e. The number of aromatic nitrogens is 5. The molecule has 1 N–H and O–H groups in total. The molecule has 2 heterocycles. The van der Waals surface area contributed by atoms with Crippen LogP contribution in [0.15, 0.2) is 48.7 Å². The summed E-state index contributed by atoms with van der Waals surface area (Å²) >= 11 is 5.83. The van der Waals surface area contributed by atoms with Crippen LogP contribution in [0.3, 0.4) is 0 Å². The summed E-state index contributed by atoms with van der Waals surface area (Å²) in [6.07, 6.45) is 0.934. The van der Waals surface area contributed by atoms with Crippen molar-refractivity contribution in [2.75, 3.05) is 6.61 Å². The number of benzene rings is 1. The zero-order chi connectivity index (χ0) is 16.8. The number of rotatable bonds is 7. The Balaban J connectivity index is 1.53. The highest BCUT2D eigenvalue weighted by molar-refractivity contribution is 6.30. The average molecular weight is 346 g/mol. The third-order valence-corrected chi connectivity index (χ3v) is 3.55. The van der Waals surface area contributed by atoms with Gasteiger partial charge >= 0.3 is 0 Å². The zero-order valence-corrected chi connectivity index (χ0v) is 13.5. The number of nitrogens with zero attached hydrogens (tertiary/aromatic N) is 5. The van der Waals surface area contributed by atoms with Gasteiger partial charge in [0, 0.05) is 11.2 Å². The van der Waals surface area contributed by atoms with Crippen molar-refractivity contribution in [2.45, 2.75) is 19.3 Å². The molecule has 2 aromatic heterocycles. The SMILES string of the molecule is O[C@H](COCc1ccc(Cl)cc1)Cn1nnnc1-c1ccccn1. The van der Waals surface area contributed by atoms with Crippen molar-refractivity contribution in [3.05, 3.63) is 59.2 Å². The van der Waals surface area contributed by atoms with E-state index in [-0.39, 0.29) is 13.2 Å². The molecular formula is C16H16ClN5O2. The Labute approximate surface area is 143 Å². The van der Waals surface area contributed by atoms with Gasteiger partial charge in [0.05, 0.1) is 25.9 Å². The third kappa shape index (κ3) is 4.35. The maximum atomic E-state index is 10.1. The number of tetrazole rings is 1. The number of halogens is 1. The summed E-state index contributed by atoms with van der Waals surface area (Å²) in [5.74, 6) is 0.507. The van der Waals surface area contributed by atoms with Crippen molar-refractivity contribution in [1.82, 2.24) is 25.2 Å². The average Bonchev–Trinajstić information content (AvgIpc) is 3.05. The van der Waals surface area contributed by atoms with Crippen LogP contribution in [-0.2, 0) is 17.9 Å². The van der Waals surface area contributed by atoms with Crippen LogP contribution >= 0.6 is 11.6 Å². The van der Waals surface area contributed by atoms with E-state index in [1.165, 1.54) is 4.68 Å². The molecule has 7 nitrogen and oxygen atoms in total. The molecule has 0 radical (unpaired) electrons. The number of aliphatic hydroxyl groups is 1. The second kappa shape index (κ2) is 7.96. The van der Waals surface area contributed by atoms with E-state index in [4.69, 9.17) is 16.3 Å². The van der Waals surface area contributed by atoms with E-state index in [1.54, 1.807) is 18.3 Å². The molecule has 1 aromatic carbocycles. The van der Waals surface area contributed by atoms with Gasteiger partial charge in [-0.25, -0.2) is 4.68 Å².